The fourth-order valence-electron chi connectivity index (χ4n) is 1.25. The number of rotatable bonds is 3. The van der Waals surface area contributed by atoms with Crippen LogP contribution in [0.3, 0.4) is 0 Å². The Labute approximate surface area is 95.9 Å². The Morgan fingerprint density at radius 1 is 1.60 bits per heavy atom. The van der Waals surface area contributed by atoms with Crippen molar-refractivity contribution in [2.75, 3.05) is 12.0 Å². The van der Waals surface area contributed by atoms with Crippen LogP contribution in [0.5, 0.6) is 0 Å². The zero-order valence-electron chi connectivity index (χ0n) is 8.48. The summed E-state index contributed by atoms with van der Waals surface area (Å²) in [6.07, 6.45) is 2.00. The van der Waals surface area contributed by atoms with Gasteiger partial charge in [0, 0.05) is 0 Å². The minimum Gasteiger partial charge on any atom is -0.391 e. The average molecular weight is 241 g/mol. The number of aromatic nitrogens is 2. The van der Waals surface area contributed by atoms with Crippen LogP contribution in [0, 0.1) is 6.92 Å². The van der Waals surface area contributed by atoms with Gasteiger partial charge in [-0.15, -0.1) is 11.3 Å². The summed E-state index contributed by atoms with van der Waals surface area (Å²) in [7, 11) is 0. The molecule has 0 unspecified atom stereocenters. The molecule has 6 heteroatoms. The summed E-state index contributed by atoms with van der Waals surface area (Å²) in [6.45, 7) is 1.99. The van der Waals surface area contributed by atoms with E-state index in [0.29, 0.717) is 5.89 Å². The summed E-state index contributed by atoms with van der Waals surface area (Å²) >= 11 is 3.14. The highest BCUT2D eigenvalue weighted by molar-refractivity contribution is 7.97. The van der Waals surface area contributed by atoms with E-state index in [1.807, 2.05) is 19.2 Å². The third kappa shape index (κ3) is 2.15. The SMILES string of the molecule is CSCc1noc(-c2sc(N)cc2C)n1. The van der Waals surface area contributed by atoms with Crippen LogP contribution in [0.25, 0.3) is 10.8 Å². The van der Waals surface area contributed by atoms with Crippen LogP contribution >= 0.6 is 23.1 Å². The van der Waals surface area contributed by atoms with Crippen LogP contribution in [0.15, 0.2) is 10.6 Å². The van der Waals surface area contributed by atoms with Crippen LogP contribution in [-0.4, -0.2) is 16.4 Å². The van der Waals surface area contributed by atoms with Gasteiger partial charge in [0.1, 0.15) is 0 Å². The van der Waals surface area contributed by atoms with Crippen LogP contribution in [0.2, 0.25) is 0 Å². The number of thiophene rings is 1. The zero-order valence-corrected chi connectivity index (χ0v) is 10.1. The van der Waals surface area contributed by atoms with E-state index < -0.39 is 0 Å². The molecule has 0 bridgehead atoms. The van der Waals surface area contributed by atoms with Gasteiger partial charge < -0.3 is 10.3 Å². The molecule has 0 aliphatic rings. The highest BCUT2D eigenvalue weighted by Gasteiger charge is 2.13. The summed E-state index contributed by atoms with van der Waals surface area (Å²) in [6, 6.07) is 1.92. The van der Waals surface area contributed by atoms with Gasteiger partial charge in [0.2, 0.25) is 0 Å². The lowest BCUT2D eigenvalue weighted by Crippen LogP contribution is -1.82. The Hall–Kier alpha value is -1.01. The minimum absolute atomic E-state index is 0.568. The quantitative estimate of drug-likeness (QED) is 0.894. The number of hydrogen-bond acceptors (Lipinski definition) is 6. The van der Waals surface area contributed by atoms with Gasteiger partial charge in [0.05, 0.1) is 15.6 Å². The first kappa shape index (κ1) is 10.5. The molecular formula is C9H11N3OS2. The summed E-state index contributed by atoms with van der Waals surface area (Å²) in [4.78, 5) is 5.27. The van der Waals surface area contributed by atoms with Crippen molar-refractivity contribution in [1.82, 2.24) is 10.1 Å². The minimum atomic E-state index is 0.568. The van der Waals surface area contributed by atoms with Gasteiger partial charge in [0.25, 0.3) is 5.89 Å². The summed E-state index contributed by atoms with van der Waals surface area (Å²) < 4.78 is 5.18. The second-order valence-corrected chi connectivity index (χ2v) is 5.06. The van der Waals surface area contributed by atoms with E-state index in [0.717, 1.165) is 27.0 Å². The molecule has 0 radical (unpaired) electrons. The lowest BCUT2D eigenvalue weighted by atomic mass is 10.3. The topological polar surface area (TPSA) is 64.9 Å². The molecule has 0 saturated carbocycles. The molecule has 0 spiro atoms. The Balaban J connectivity index is 2.32. The van der Waals surface area contributed by atoms with E-state index in [1.165, 1.54) is 11.3 Å². The van der Waals surface area contributed by atoms with Gasteiger partial charge in [-0.1, -0.05) is 5.16 Å². The van der Waals surface area contributed by atoms with E-state index >= 15 is 0 Å². The molecule has 0 aromatic carbocycles. The van der Waals surface area contributed by atoms with Crippen molar-refractivity contribution in [2.45, 2.75) is 12.7 Å². The molecule has 4 nitrogen and oxygen atoms in total. The molecule has 0 aliphatic carbocycles. The Morgan fingerprint density at radius 3 is 3.00 bits per heavy atom. The van der Waals surface area contributed by atoms with Gasteiger partial charge in [-0.2, -0.15) is 16.7 Å². The number of nitrogen functional groups attached to an aromatic ring is 1. The molecule has 0 fully saturated rings. The first-order valence-electron chi connectivity index (χ1n) is 4.38. The van der Waals surface area contributed by atoms with Crippen molar-refractivity contribution in [3.63, 3.8) is 0 Å². The molecule has 0 saturated heterocycles. The van der Waals surface area contributed by atoms with Gasteiger partial charge in [-0.3, -0.25) is 0 Å². The monoisotopic (exact) mass is 241 g/mol. The predicted octanol–water partition coefficient (Wildman–Crippen LogP) is 2.55. The van der Waals surface area contributed by atoms with Crippen molar-refractivity contribution < 1.29 is 4.52 Å². The van der Waals surface area contributed by atoms with Crippen molar-refractivity contribution >= 4 is 28.1 Å². The first-order chi connectivity index (χ1) is 7.20. The van der Waals surface area contributed by atoms with E-state index in [4.69, 9.17) is 10.3 Å². The molecule has 2 rings (SSSR count). The average Bonchev–Trinajstić information content (AvgIpc) is 2.73. The smallest absolute Gasteiger partial charge is 0.268 e. The van der Waals surface area contributed by atoms with Gasteiger partial charge in [-0.25, -0.2) is 0 Å². The predicted molar refractivity (Wildman–Crippen MR) is 64.0 cm³/mol. The van der Waals surface area contributed by atoms with E-state index in [-0.39, 0.29) is 0 Å². The molecule has 0 atom stereocenters. The number of nitrogens with zero attached hydrogens (tertiary/aromatic N) is 2. The standard InChI is InChI=1S/C9H11N3OS2/c1-5-3-6(10)15-8(5)9-11-7(4-14-2)12-13-9/h3H,4,10H2,1-2H3. The molecule has 2 N–H and O–H groups in total. The first-order valence-corrected chi connectivity index (χ1v) is 6.59. The maximum absolute atomic E-state index is 5.71. The van der Waals surface area contributed by atoms with Gasteiger partial charge >= 0.3 is 0 Å². The Kier molecular flexibility index (Phi) is 2.97. The highest BCUT2D eigenvalue weighted by Crippen LogP contribution is 2.32. The largest absolute Gasteiger partial charge is 0.391 e. The number of hydrogen-bond donors (Lipinski definition) is 1. The fraction of sp³-hybridized carbons (Fsp3) is 0.333. The van der Waals surface area contributed by atoms with E-state index in [9.17, 15) is 0 Å². The molecule has 2 heterocycles. The normalized spacial score (nSPS) is 10.8. The number of thioether (sulfide) groups is 1. The summed E-state index contributed by atoms with van der Waals surface area (Å²) in [5, 5.41) is 4.66. The summed E-state index contributed by atoms with van der Waals surface area (Å²) in [5.41, 5.74) is 6.79. The highest BCUT2D eigenvalue weighted by atomic mass is 32.2. The second kappa shape index (κ2) is 4.24. The Bertz CT molecular complexity index is 464. The van der Waals surface area contributed by atoms with Crippen molar-refractivity contribution in [3.8, 4) is 10.8 Å². The molecule has 0 amide bonds. The second-order valence-electron chi connectivity index (χ2n) is 3.11. The van der Waals surface area contributed by atoms with Crippen molar-refractivity contribution in [2.24, 2.45) is 0 Å². The van der Waals surface area contributed by atoms with Gasteiger partial charge in [0.15, 0.2) is 5.82 Å². The lowest BCUT2D eigenvalue weighted by molar-refractivity contribution is 0.426. The van der Waals surface area contributed by atoms with E-state index in [2.05, 4.69) is 10.1 Å². The zero-order chi connectivity index (χ0) is 10.8. The van der Waals surface area contributed by atoms with Gasteiger partial charge in [-0.05, 0) is 24.8 Å². The third-order valence-corrected chi connectivity index (χ3v) is 3.47. The number of nitrogens with two attached hydrogens (primary N) is 1. The van der Waals surface area contributed by atoms with Crippen LogP contribution in [0.1, 0.15) is 11.4 Å². The third-order valence-electron chi connectivity index (χ3n) is 1.87. The van der Waals surface area contributed by atoms with Crippen LogP contribution in [0.4, 0.5) is 5.00 Å². The van der Waals surface area contributed by atoms with Crippen LogP contribution in [-0.2, 0) is 5.75 Å². The van der Waals surface area contributed by atoms with E-state index in [1.54, 1.807) is 11.8 Å². The van der Waals surface area contributed by atoms with Crippen molar-refractivity contribution in [3.05, 3.63) is 17.5 Å². The Morgan fingerprint density at radius 2 is 2.40 bits per heavy atom. The maximum atomic E-state index is 5.71. The van der Waals surface area contributed by atoms with Crippen LogP contribution < -0.4 is 5.73 Å². The lowest BCUT2D eigenvalue weighted by Gasteiger charge is -1.88. The fourth-order valence-corrected chi connectivity index (χ4v) is 2.49. The molecule has 80 valence electrons. The maximum Gasteiger partial charge on any atom is 0.268 e. The number of anilines is 1. The molecule has 2 aromatic heterocycles. The van der Waals surface area contributed by atoms with Crippen molar-refractivity contribution in [1.29, 1.82) is 0 Å². The molecular weight excluding hydrogens is 230 g/mol. The molecule has 2 aromatic rings. The molecule has 0 aliphatic heterocycles. The molecule has 15 heavy (non-hydrogen) atoms. The number of aryl methyl sites for hydroxylation is 1. The summed E-state index contributed by atoms with van der Waals surface area (Å²) in [5.74, 6) is 2.06.